The van der Waals surface area contributed by atoms with Crippen molar-refractivity contribution in [2.45, 2.75) is 0 Å². The summed E-state index contributed by atoms with van der Waals surface area (Å²) in [6.07, 6.45) is 3.03. The first-order chi connectivity index (χ1) is 11.6. The molecule has 0 saturated carbocycles. The first-order valence-corrected chi connectivity index (χ1v) is 8.24. The highest BCUT2D eigenvalue weighted by Crippen LogP contribution is 2.36. The summed E-state index contributed by atoms with van der Waals surface area (Å²) in [6, 6.07) is 9.57. The molecule has 1 aliphatic rings. The Hall–Kier alpha value is -2.63. The van der Waals surface area contributed by atoms with Gasteiger partial charge in [0.05, 0.1) is 20.3 Å². The summed E-state index contributed by atoms with van der Waals surface area (Å²) in [7, 11) is 0. The zero-order chi connectivity index (χ0) is 16.8. The molecule has 1 aromatic carbocycles. The largest absolute Gasteiger partial charge is 0.289 e. The number of fused-ring (bicyclic) bond motifs is 2. The van der Waals surface area contributed by atoms with Crippen molar-refractivity contribution in [1.29, 1.82) is 0 Å². The van der Waals surface area contributed by atoms with Gasteiger partial charge in [0, 0.05) is 29.1 Å². The molecule has 0 N–H and O–H groups in total. The molecule has 4 rings (SSSR count). The van der Waals surface area contributed by atoms with E-state index < -0.39 is 0 Å². The lowest BCUT2D eigenvalue weighted by Crippen LogP contribution is -2.18. The Morgan fingerprint density at radius 3 is 2.62 bits per heavy atom. The number of pyridine rings is 1. The quantitative estimate of drug-likeness (QED) is 0.514. The second-order valence-electron chi connectivity index (χ2n) is 5.24. The van der Waals surface area contributed by atoms with Crippen LogP contribution in [-0.4, -0.2) is 22.3 Å². The summed E-state index contributed by atoms with van der Waals surface area (Å²) in [5.41, 5.74) is 1.15. The topological polar surface area (TPSA) is 64.1 Å². The van der Waals surface area contributed by atoms with E-state index in [4.69, 9.17) is 11.6 Å². The maximum atomic E-state index is 12.7. The van der Waals surface area contributed by atoms with Crippen LogP contribution in [0.25, 0.3) is 0 Å². The molecule has 2 heterocycles. The van der Waals surface area contributed by atoms with Crippen LogP contribution in [0.5, 0.6) is 0 Å². The zero-order valence-corrected chi connectivity index (χ0v) is 13.6. The van der Waals surface area contributed by atoms with E-state index in [9.17, 15) is 14.4 Å². The SMILES string of the molecule is O=C(c1cccnc1)c1cc2c(s1)C(=O)c1c(Cl)cccc1C2=O. The smallest absolute Gasteiger partial charge is 0.205 e. The van der Waals surface area contributed by atoms with Crippen molar-refractivity contribution in [1.82, 2.24) is 4.98 Å². The van der Waals surface area contributed by atoms with E-state index in [2.05, 4.69) is 4.98 Å². The highest BCUT2D eigenvalue weighted by Gasteiger charge is 2.34. The number of benzene rings is 1. The summed E-state index contributed by atoms with van der Waals surface area (Å²) in [5, 5.41) is 0.241. The van der Waals surface area contributed by atoms with Crippen LogP contribution in [0.4, 0.5) is 0 Å². The van der Waals surface area contributed by atoms with E-state index in [1.807, 2.05) is 0 Å². The van der Waals surface area contributed by atoms with E-state index in [1.54, 1.807) is 36.5 Å². The van der Waals surface area contributed by atoms with Gasteiger partial charge in [0.25, 0.3) is 0 Å². The Kier molecular flexibility index (Phi) is 3.40. The Morgan fingerprint density at radius 1 is 1.04 bits per heavy atom. The molecule has 0 radical (unpaired) electrons. The van der Waals surface area contributed by atoms with Crippen molar-refractivity contribution in [3.05, 3.63) is 85.8 Å². The lowest BCUT2D eigenvalue weighted by Gasteiger charge is -2.14. The van der Waals surface area contributed by atoms with Crippen molar-refractivity contribution in [3.63, 3.8) is 0 Å². The Balaban J connectivity index is 1.85. The van der Waals surface area contributed by atoms with Crippen LogP contribution >= 0.6 is 22.9 Å². The normalized spacial score (nSPS) is 12.7. The maximum absolute atomic E-state index is 12.7. The van der Waals surface area contributed by atoms with E-state index in [1.165, 1.54) is 12.3 Å². The predicted octanol–water partition coefficient (Wildman–Crippen LogP) is 3.80. The minimum Gasteiger partial charge on any atom is -0.289 e. The molecule has 0 saturated heterocycles. The summed E-state index contributed by atoms with van der Waals surface area (Å²) in [5.74, 6) is -0.873. The third-order valence-electron chi connectivity index (χ3n) is 3.82. The average Bonchev–Trinajstić information content (AvgIpc) is 3.05. The van der Waals surface area contributed by atoms with E-state index in [0.717, 1.165) is 11.3 Å². The lowest BCUT2D eigenvalue weighted by molar-refractivity contribution is 0.0982. The summed E-state index contributed by atoms with van der Waals surface area (Å²) in [4.78, 5) is 42.4. The van der Waals surface area contributed by atoms with Crippen molar-refractivity contribution in [2.24, 2.45) is 0 Å². The number of nitrogens with zero attached hydrogens (tertiary/aromatic N) is 1. The average molecular weight is 354 g/mol. The highest BCUT2D eigenvalue weighted by atomic mass is 35.5. The molecule has 0 amide bonds. The van der Waals surface area contributed by atoms with Crippen LogP contribution in [0.3, 0.4) is 0 Å². The Bertz CT molecular complexity index is 1020. The summed E-state index contributed by atoms with van der Waals surface area (Å²) >= 11 is 7.11. The van der Waals surface area contributed by atoms with Gasteiger partial charge in [-0.05, 0) is 24.3 Å². The van der Waals surface area contributed by atoms with Crippen LogP contribution in [0.2, 0.25) is 5.02 Å². The molecule has 0 bridgehead atoms. The fourth-order valence-electron chi connectivity index (χ4n) is 2.68. The summed E-state index contributed by atoms with van der Waals surface area (Å²) in [6.45, 7) is 0. The van der Waals surface area contributed by atoms with Gasteiger partial charge in [0.2, 0.25) is 11.6 Å². The number of halogens is 1. The molecule has 0 aliphatic heterocycles. The van der Waals surface area contributed by atoms with Gasteiger partial charge in [-0.3, -0.25) is 19.4 Å². The Labute approximate surface area is 145 Å². The van der Waals surface area contributed by atoms with Gasteiger partial charge in [-0.25, -0.2) is 0 Å². The van der Waals surface area contributed by atoms with Crippen LogP contribution in [-0.2, 0) is 0 Å². The van der Waals surface area contributed by atoms with Gasteiger partial charge in [-0.2, -0.15) is 0 Å². The molecule has 0 fully saturated rings. The van der Waals surface area contributed by atoms with Crippen molar-refractivity contribution in [2.75, 3.05) is 0 Å². The molecule has 116 valence electrons. The molecule has 3 aromatic rings. The fraction of sp³-hybridized carbons (Fsp3) is 0. The zero-order valence-electron chi connectivity index (χ0n) is 12.1. The Morgan fingerprint density at radius 2 is 1.88 bits per heavy atom. The molecular weight excluding hydrogens is 346 g/mol. The van der Waals surface area contributed by atoms with Crippen LogP contribution in [0.15, 0.2) is 48.8 Å². The molecule has 2 aromatic heterocycles. The first kappa shape index (κ1) is 14.9. The van der Waals surface area contributed by atoms with Gasteiger partial charge >= 0.3 is 0 Å². The minimum absolute atomic E-state index is 0.207. The van der Waals surface area contributed by atoms with Gasteiger partial charge < -0.3 is 0 Å². The fourth-order valence-corrected chi connectivity index (χ4v) is 4.01. The minimum atomic E-state index is -0.319. The van der Waals surface area contributed by atoms with Crippen LogP contribution in [0, 0.1) is 0 Å². The van der Waals surface area contributed by atoms with Crippen molar-refractivity contribution < 1.29 is 14.4 Å². The number of carbonyl (C=O) groups is 3. The predicted molar refractivity (Wildman–Crippen MR) is 90.3 cm³/mol. The highest BCUT2D eigenvalue weighted by molar-refractivity contribution is 7.17. The standard InChI is InChI=1S/C18H8ClNO3S/c19-12-5-1-4-10-14(12)17(23)18-11(16(10)22)7-13(24-18)15(21)9-3-2-6-20-8-9/h1-8H. The number of aromatic nitrogens is 1. The van der Waals surface area contributed by atoms with Crippen LogP contribution < -0.4 is 0 Å². The van der Waals surface area contributed by atoms with Gasteiger partial charge in [0.15, 0.2) is 5.78 Å². The van der Waals surface area contributed by atoms with Gasteiger partial charge in [-0.15, -0.1) is 11.3 Å². The van der Waals surface area contributed by atoms with Crippen LogP contribution in [0.1, 0.15) is 46.4 Å². The number of carbonyl (C=O) groups excluding carboxylic acids is 3. The second kappa shape index (κ2) is 5.47. The molecule has 4 nitrogen and oxygen atoms in total. The number of thiophene rings is 1. The molecule has 0 unspecified atom stereocenters. The van der Waals surface area contributed by atoms with E-state index in [0.29, 0.717) is 10.4 Å². The molecular formula is C18H8ClNO3S. The third-order valence-corrected chi connectivity index (χ3v) is 5.26. The van der Waals surface area contributed by atoms with Crippen molar-refractivity contribution in [3.8, 4) is 0 Å². The molecule has 0 atom stereocenters. The molecule has 24 heavy (non-hydrogen) atoms. The second-order valence-corrected chi connectivity index (χ2v) is 6.70. The maximum Gasteiger partial charge on any atom is 0.205 e. The molecule has 1 aliphatic carbocycles. The number of rotatable bonds is 2. The van der Waals surface area contributed by atoms with E-state index in [-0.39, 0.29) is 43.9 Å². The lowest BCUT2D eigenvalue weighted by atomic mass is 9.89. The monoisotopic (exact) mass is 353 g/mol. The van der Waals surface area contributed by atoms with E-state index >= 15 is 0 Å². The molecule has 0 spiro atoms. The van der Waals surface area contributed by atoms with Gasteiger partial charge in [-0.1, -0.05) is 23.7 Å². The number of hydrogen-bond donors (Lipinski definition) is 0. The van der Waals surface area contributed by atoms with Crippen molar-refractivity contribution >= 4 is 40.3 Å². The molecule has 6 heteroatoms. The number of ketones is 3. The van der Waals surface area contributed by atoms with Gasteiger partial charge in [0.1, 0.15) is 0 Å². The first-order valence-electron chi connectivity index (χ1n) is 7.04. The summed E-state index contributed by atoms with van der Waals surface area (Å²) < 4.78 is 0. The third kappa shape index (κ3) is 2.13. The number of hydrogen-bond acceptors (Lipinski definition) is 5.